The van der Waals surface area contributed by atoms with E-state index in [1.807, 2.05) is 6.92 Å². The van der Waals surface area contributed by atoms with E-state index < -0.39 is 5.97 Å². The van der Waals surface area contributed by atoms with Crippen LogP contribution in [0.5, 0.6) is 0 Å². The Bertz CT molecular complexity index is 205. The average Bonchev–Trinajstić information content (AvgIpc) is 2.12. The largest absolute Gasteiger partial charge is 0.481 e. The minimum atomic E-state index is -0.654. The maximum Gasteiger partial charge on any atom is 0.306 e. The normalized spacial score (nSPS) is 36.7. The number of rotatable bonds is 2. The van der Waals surface area contributed by atoms with E-state index in [4.69, 9.17) is 5.11 Å². The third-order valence-corrected chi connectivity index (χ3v) is 3.77. The fourth-order valence-electron chi connectivity index (χ4n) is 2.35. The molecule has 1 rings (SSSR count). The predicted octanol–water partition coefficient (Wildman–Crippen LogP) is 1.83. The Morgan fingerprint density at radius 2 is 1.79 bits per heavy atom. The highest BCUT2D eigenvalue weighted by molar-refractivity contribution is 5.69. The smallest absolute Gasteiger partial charge is 0.306 e. The van der Waals surface area contributed by atoms with Gasteiger partial charge in [0.1, 0.15) is 0 Å². The fraction of sp³-hybridized carbons (Fsp3) is 0.909. The summed E-state index contributed by atoms with van der Waals surface area (Å²) < 4.78 is 0. The van der Waals surface area contributed by atoms with Gasteiger partial charge in [-0.05, 0) is 39.7 Å². The van der Waals surface area contributed by atoms with Gasteiger partial charge in [-0.1, -0.05) is 6.92 Å². The molecule has 1 aliphatic rings. The molecule has 0 aromatic carbocycles. The molecule has 0 aromatic heterocycles. The summed E-state index contributed by atoms with van der Waals surface area (Å²) >= 11 is 0. The molecule has 0 saturated carbocycles. The van der Waals surface area contributed by atoms with Gasteiger partial charge in [0.15, 0.2) is 0 Å². The van der Waals surface area contributed by atoms with Crippen LogP contribution in [0.2, 0.25) is 0 Å². The van der Waals surface area contributed by atoms with Gasteiger partial charge in [0, 0.05) is 12.1 Å². The summed E-state index contributed by atoms with van der Waals surface area (Å²) in [6.07, 6.45) is 2.02. The first-order valence-electron chi connectivity index (χ1n) is 5.38. The zero-order valence-electron chi connectivity index (χ0n) is 9.53. The number of carboxylic acids is 1. The number of nitrogens with zero attached hydrogens (tertiary/aromatic N) is 1. The number of hydrogen-bond acceptors (Lipinski definition) is 2. The second-order valence-corrected chi connectivity index (χ2v) is 4.72. The van der Waals surface area contributed by atoms with E-state index in [-0.39, 0.29) is 5.92 Å². The summed E-state index contributed by atoms with van der Waals surface area (Å²) in [5, 5.41) is 8.96. The molecule has 3 heteroatoms. The third-order valence-electron chi connectivity index (χ3n) is 3.77. The van der Waals surface area contributed by atoms with Crippen LogP contribution >= 0.6 is 0 Å². The second-order valence-electron chi connectivity index (χ2n) is 4.72. The molecule has 1 saturated heterocycles. The van der Waals surface area contributed by atoms with Crippen molar-refractivity contribution in [2.24, 2.45) is 11.8 Å². The Hall–Kier alpha value is -0.570. The molecule has 3 nitrogen and oxygen atoms in total. The first-order valence-corrected chi connectivity index (χ1v) is 5.38. The number of piperidine rings is 1. The number of hydrogen-bond donors (Lipinski definition) is 1. The molecule has 3 atom stereocenters. The molecule has 14 heavy (non-hydrogen) atoms. The molecule has 1 fully saturated rings. The minimum absolute atomic E-state index is 0.200. The van der Waals surface area contributed by atoms with Crippen LogP contribution in [0.3, 0.4) is 0 Å². The van der Waals surface area contributed by atoms with Crippen LogP contribution in [0.4, 0.5) is 0 Å². The lowest BCUT2D eigenvalue weighted by Crippen LogP contribution is -2.46. The molecule has 1 heterocycles. The average molecular weight is 199 g/mol. The number of likely N-dealkylation sites (tertiary alicyclic amines) is 1. The van der Waals surface area contributed by atoms with Gasteiger partial charge in [-0.3, -0.25) is 4.79 Å². The molecule has 0 aromatic rings. The SMILES string of the molecule is CC(C(=O)O)C1CC(C)N(C)C(C)C1. The Balaban J connectivity index is 2.62. The molecule has 0 radical (unpaired) electrons. The van der Waals surface area contributed by atoms with Gasteiger partial charge in [0.2, 0.25) is 0 Å². The Kier molecular flexibility index (Phi) is 3.53. The van der Waals surface area contributed by atoms with Crippen molar-refractivity contribution >= 4 is 5.97 Å². The van der Waals surface area contributed by atoms with Crippen molar-refractivity contribution in [3.63, 3.8) is 0 Å². The van der Waals surface area contributed by atoms with Crippen LogP contribution in [0.15, 0.2) is 0 Å². The van der Waals surface area contributed by atoms with E-state index in [0.717, 1.165) is 12.8 Å². The zero-order chi connectivity index (χ0) is 10.9. The quantitative estimate of drug-likeness (QED) is 0.737. The highest BCUT2D eigenvalue weighted by Gasteiger charge is 2.33. The fourth-order valence-corrected chi connectivity index (χ4v) is 2.35. The van der Waals surface area contributed by atoms with E-state index >= 15 is 0 Å². The highest BCUT2D eigenvalue weighted by atomic mass is 16.4. The predicted molar refractivity (Wildman–Crippen MR) is 56.2 cm³/mol. The molecule has 82 valence electrons. The molecular formula is C11H21NO2. The van der Waals surface area contributed by atoms with Gasteiger partial charge in [0.25, 0.3) is 0 Å². The minimum Gasteiger partial charge on any atom is -0.481 e. The van der Waals surface area contributed by atoms with Crippen molar-refractivity contribution in [3.05, 3.63) is 0 Å². The van der Waals surface area contributed by atoms with Crippen LogP contribution in [-0.4, -0.2) is 35.1 Å². The van der Waals surface area contributed by atoms with Crippen molar-refractivity contribution in [3.8, 4) is 0 Å². The third kappa shape index (κ3) is 2.27. The van der Waals surface area contributed by atoms with Crippen LogP contribution < -0.4 is 0 Å². The molecule has 3 unspecified atom stereocenters. The van der Waals surface area contributed by atoms with Crippen molar-refractivity contribution < 1.29 is 9.90 Å². The molecule has 1 N–H and O–H groups in total. The highest BCUT2D eigenvalue weighted by Crippen LogP contribution is 2.31. The maximum absolute atomic E-state index is 10.9. The van der Waals surface area contributed by atoms with Crippen molar-refractivity contribution in [1.29, 1.82) is 0 Å². The zero-order valence-corrected chi connectivity index (χ0v) is 9.53. The lowest BCUT2D eigenvalue weighted by atomic mass is 9.80. The Morgan fingerprint density at radius 1 is 1.36 bits per heavy atom. The van der Waals surface area contributed by atoms with Crippen LogP contribution in [0.1, 0.15) is 33.6 Å². The molecule has 0 aliphatic carbocycles. The van der Waals surface area contributed by atoms with Gasteiger partial charge in [-0.2, -0.15) is 0 Å². The Morgan fingerprint density at radius 3 is 2.14 bits per heavy atom. The first kappa shape index (κ1) is 11.5. The summed E-state index contributed by atoms with van der Waals surface area (Å²) in [4.78, 5) is 13.2. The molecule has 0 bridgehead atoms. The monoisotopic (exact) mass is 199 g/mol. The molecular weight excluding hydrogens is 178 g/mol. The standard InChI is InChI=1S/C11H21NO2/c1-7-5-10(9(3)11(13)14)6-8(2)12(7)4/h7-10H,5-6H2,1-4H3,(H,13,14). The number of carbonyl (C=O) groups is 1. The van der Waals surface area contributed by atoms with Crippen LogP contribution in [0, 0.1) is 11.8 Å². The van der Waals surface area contributed by atoms with Gasteiger partial charge in [-0.15, -0.1) is 0 Å². The van der Waals surface area contributed by atoms with E-state index in [1.165, 1.54) is 0 Å². The molecule has 0 amide bonds. The summed E-state index contributed by atoms with van der Waals surface area (Å²) in [5.74, 6) is -0.513. The van der Waals surface area contributed by atoms with Crippen molar-refractivity contribution in [2.75, 3.05) is 7.05 Å². The van der Waals surface area contributed by atoms with E-state index in [2.05, 4.69) is 25.8 Å². The summed E-state index contributed by atoms with van der Waals surface area (Å²) in [7, 11) is 2.12. The maximum atomic E-state index is 10.9. The van der Waals surface area contributed by atoms with E-state index in [0.29, 0.717) is 18.0 Å². The molecule has 1 aliphatic heterocycles. The summed E-state index contributed by atoms with van der Waals surface area (Å²) in [5.41, 5.74) is 0. The van der Waals surface area contributed by atoms with E-state index in [1.54, 1.807) is 0 Å². The first-order chi connectivity index (χ1) is 6.43. The Labute approximate surface area is 86.1 Å². The van der Waals surface area contributed by atoms with Gasteiger partial charge >= 0.3 is 5.97 Å². The lowest BCUT2D eigenvalue weighted by Gasteiger charge is -2.41. The topological polar surface area (TPSA) is 40.5 Å². The number of aliphatic carboxylic acids is 1. The summed E-state index contributed by atoms with van der Waals surface area (Å²) in [6.45, 7) is 6.19. The van der Waals surface area contributed by atoms with Crippen LogP contribution in [0.25, 0.3) is 0 Å². The molecule has 0 spiro atoms. The number of carboxylic acid groups (broad SMARTS) is 1. The van der Waals surface area contributed by atoms with Crippen LogP contribution in [-0.2, 0) is 4.79 Å². The second kappa shape index (κ2) is 4.30. The van der Waals surface area contributed by atoms with Gasteiger partial charge in [-0.25, -0.2) is 0 Å². The van der Waals surface area contributed by atoms with Gasteiger partial charge in [0.05, 0.1) is 5.92 Å². The van der Waals surface area contributed by atoms with E-state index in [9.17, 15) is 4.79 Å². The summed E-state index contributed by atoms with van der Waals surface area (Å²) in [6, 6.07) is 1.01. The lowest BCUT2D eigenvalue weighted by molar-refractivity contribution is -0.144. The van der Waals surface area contributed by atoms with Crippen molar-refractivity contribution in [2.45, 2.75) is 45.7 Å². The van der Waals surface area contributed by atoms with Gasteiger partial charge < -0.3 is 10.0 Å². The van der Waals surface area contributed by atoms with Crippen molar-refractivity contribution in [1.82, 2.24) is 4.90 Å².